The average Bonchev–Trinajstić information content (AvgIpc) is 2.72. The van der Waals surface area contributed by atoms with Crippen LogP contribution in [-0.2, 0) is 14.6 Å². The number of ether oxygens (including phenoxy) is 1. The van der Waals surface area contributed by atoms with E-state index in [0.717, 1.165) is 31.9 Å². The lowest BCUT2D eigenvalue weighted by atomic mass is 9.92. The molecule has 2 aliphatic rings. The van der Waals surface area contributed by atoms with Crippen molar-refractivity contribution in [1.82, 2.24) is 9.80 Å². The van der Waals surface area contributed by atoms with Gasteiger partial charge in [-0.15, -0.1) is 0 Å². The zero-order chi connectivity index (χ0) is 23.5. The van der Waals surface area contributed by atoms with Crippen LogP contribution in [0, 0.1) is 5.92 Å². The molecular weight excluding hydrogens is 433 g/mol. The lowest BCUT2D eigenvalue weighted by Crippen LogP contribution is -2.50. The molecule has 2 fully saturated rings. The first-order valence-electron chi connectivity index (χ1n) is 11.3. The molecule has 9 heteroatoms. The van der Waals surface area contributed by atoms with Crippen molar-refractivity contribution in [3.63, 3.8) is 0 Å². The van der Waals surface area contributed by atoms with Crippen LogP contribution >= 0.6 is 0 Å². The van der Waals surface area contributed by atoms with Crippen molar-refractivity contribution in [1.29, 1.82) is 0 Å². The van der Waals surface area contributed by atoms with Crippen LogP contribution in [0.25, 0.3) is 0 Å². The van der Waals surface area contributed by atoms with Crippen molar-refractivity contribution in [2.45, 2.75) is 50.3 Å². The summed E-state index contributed by atoms with van der Waals surface area (Å²) >= 11 is 0. The van der Waals surface area contributed by atoms with Gasteiger partial charge in [-0.3, -0.25) is 4.90 Å². The molecule has 180 valence electrons. The number of hydrogen-bond donors (Lipinski definition) is 0. The Morgan fingerprint density at radius 1 is 1.06 bits per heavy atom. The molecule has 0 aromatic heterocycles. The molecule has 3 rings (SSSR count). The van der Waals surface area contributed by atoms with Gasteiger partial charge in [0, 0.05) is 57.8 Å². The monoisotopic (exact) mass is 469 g/mol. The molecule has 0 saturated carbocycles. The molecule has 0 spiro atoms. The molecular formula is C23H36FN3O4S. The summed E-state index contributed by atoms with van der Waals surface area (Å²) in [5, 5.41) is 0. The van der Waals surface area contributed by atoms with E-state index in [1.165, 1.54) is 6.26 Å². The van der Waals surface area contributed by atoms with Gasteiger partial charge in [0.05, 0.1) is 4.90 Å². The Balaban J connectivity index is 1.42. The van der Waals surface area contributed by atoms with Crippen LogP contribution in [-0.4, -0.2) is 88.2 Å². The minimum absolute atomic E-state index is 0.0322. The fourth-order valence-corrected chi connectivity index (χ4v) is 4.89. The topological polar surface area (TPSA) is 70.2 Å². The minimum atomic E-state index is -3.20. The smallest absolute Gasteiger partial charge is 0.410 e. The van der Waals surface area contributed by atoms with E-state index in [4.69, 9.17) is 4.74 Å². The highest BCUT2D eigenvalue weighted by Gasteiger charge is 2.32. The first-order chi connectivity index (χ1) is 14.9. The number of carbonyl (C=O) groups excluding carboxylic acids is 1. The highest BCUT2D eigenvalue weighted by atomic mass is 32.2. The van der Waals surface area contributed by atoms with E-state index in [2.05, 4.69) is 9.80 Å². The molecule has 2 heterocycles. The Bertz CT molecular complexity index is 869. The quantitative estimate of drug-likeness (QED) is 0.660. The second-order valence-electron chi connectivity index (χ2n) is 9.87. The summed E-state index contributed by atoms with van der Waals surface area (Å²) in [6, 6.07) is 6.95. The predicted octanol–water partition coefficient (Wildman–Crippen LogP) is 3.20. The van der Waals surface area contributed by atoms with Gasteiger partial charge in [-0.05, 0) is 63.8 Å². The highest BCUT2D eigenvalue weighted by molar-refractivity contribution is 7.90. The van der Waals surface area contributed by atoms with Crippen molar-refractivity contribution in [3.8, 4) is 0 Å². The van der Waals surface area contributed by atoms with Crippen LogP contribution in [0.15, 0.2) is 29.2 Å². The van der Waals surface area contributed by atoms with E-state index in [-0.39, 0.29) is 12.0 Å². The summed E-state index contributed by atoms with van der Waals surface area (Å²) in [5.41, 5.74) is 0.470. The van der Waals surface area contributed by atoms with Crippen molar-refractivity contribution >= 4 is 21.6 Å². The van der Waals surface area contributed by atoms with Crippen LogP contribution in [0.1, 0.15) is 33.6 Å². The van der Waals surface area contributed by atoms with Gasteiger partial charge in [0.25, 0.3) is 0 Å². The number of hydrogen-bond acceptors (Lipinski definition) is 6. The molecule has 2 aliphatic heterocycles. The van der Waals surface area contributed by atoms with E-state index < -0.39 is 21.6 Å². The number of piperazine rings is 1. The molecule has 1 aromatic carbocycles. The van der Waals surface area contributed by atoms with Crippen LogP contribution in [0.3, 0.4) is 0 Å². The number of benzene rings is 1. The lowest BCUT2D eigenvalue weighted by molar-refractivity contribution is 0.0126. The maximum Gasteiger partial charge on any atom is 0.410 e. The molecule has 32 heavy (non-hydrogen) atoms. The van der Waals surface area contributed by atoms with Crippen LogP contribution in [0.5, 0.6) is 0 Å². The molecule has 0 bridgehead atoms. The molecule has 0 radical (unpaired) electrons. The molecule has 1 amide bonds. The van der Waals surface area contributed by atoms with Crippen molar-refractivity contribution in [2.24, 2.45) is 5.92 Å². The molecule has 2 saturated heterocycles. The van der Waals surface area contributed by atoms with Gasteiger partial charge in [0.1, 0.15) is 11.8 Å². The van der Waals surface area contributed by atoms with Crippen LogP contribution < -0.4 is 4.90 Å². The molecule has 1 aromatic rings. The summed E-state index contributed by atoms with van der Waals surface area (Å²) in [6.45, 7) is 10.1. The summed E-state index contributed by atoms with van der Waals surface area (Å²) in [7, 11) is -3.20. The van der Waals surface area contributed by atoms with Gasteiger partial charge in [-0.2, -0.15) is 0 Å². The molecule has 1 unspecified atom stereocenters. The van der Waals surface area contributed by atoms with E-state index in [9.17, 15) is 13.2 Å². The van der Waals surface area contributed by atoms with Gasteiger partial charge >= 0.3 is 6.09 Å². The first kappa shape index (κ1) is 24.8. The normalized spacial score (nSPS) is 20.3. The summed E-state index contributed by atoms with van der Waals surface area (Å²) in [5.74, 6) is -0.0322. The molecule has 1 atom stereocenters. The number of likely N-dealkylation sites (tertiary alicyclic amines) is 1. The largest absolute Gasteiger partial charge is 0.444 e. The van der Waals surface area contributed by atoms with Gasteiger partial charge in [0.15, 0.2) is 9.84 Å². The molecule has 7 nitrogen and oxygen atoms in total. The second kappa shape index (κ2) is 9.95. The van der Waals surface area contributed by atoms with Crippen molar-refractivity contribution in [2.75, 3.05) is 57.0 Å². The third-order valence-electron chi connectivity index (χ3n) is 6.14. The Hall–Kier alpha value is -1.87. The number of piperidine rings is 1. The first-order valence-corrected chi connectivity index (χ1v) is 13.2. The van der Waals surface area contributed by atoms with Crippen LogP contribution in [0.2, 0.25) is 0 Å². The van der Waals surface area contributed by atoms with Gasteiger partial charge < -0.3 is 14.5 Å². The summed E-state index contributed by atoms with van der Waals surface area (Å²) < 4.78 is 43.7. The number of sulfone groups is 1. The Morgan fingerprint density at radius 2 is 1.62 bits per heavy atom. The molecule has 0 aliphatic carbocycles. The Morgan fingerprint density at radius 3 is 2.12 bits per heavy atom. The van der Waals surface area contributed by atoms with Crippen molar-refractivity contribution in [3.05, 3.63) is 24.3 Å². The van der Waals surface area contributed by atoms with Gasteiger partial charge in [-0.1, -0.05) is 0 Å². The van der Waals surface area contributed by atoms with Crippen LogP contribution in [0.4, 0.5) is 14.9 Å². The summed E-state index contributed by atoms with van der Waals surface area (Å²) in [4.78, 5) is 18.6. The average molecular weight is 470 g/mol. The van der Waals surface area contributed by atoms with Gasteiger partial charge in [-0.25, -0.2) is 17.6 Å². The fraction of sp³-hybridized carbons (Fsp3) is 0.696. The predicted molar refractivity (Wildman–Crippen MR) is 124 cm³/mol. The summed E-state index contributed by atoms with van der Waals surface area (Å²) in [6.07, 6.45) is 1.30. The number of nitrogens with zero attached hydrogens (tertiary/aromatic N) is 3. The standard InChI is InChI=1S/C23H36FN3O4S/c1-23(2,3)31-22(28)27-11-9-18(10-12-27)21(24)17-25-13-15-26(16-14-25)19-5-7-20(8-6-19)32(4,29)30/h5-8,18,21H,9-17H2,1-4H3. The minimum Gasteiger partial charge on any atom is -0.444 e. The lowest BCUT2D eigenvalue weighted by Gasteiger charge is -2.39. The van der Waals surface area contributed by atoms with Crippen molar-refractivity contribution < 1.29 is 22.3 Å². The maximum absolute atomic E-state index is 15.0. The van der Waals surface area contributed by atoms with Gasteiger partial charge in [0.2, 0.25) is 0 Å². The number of halogens is 1. The Kier molecular flexibility index (Phi) is 7.70. The number of amides is 1. The highest BCUT2D eigenvalue weighted by Crippen LogP contribution is 2.26. The zero-order valence-electron chi connectivity index (χ0n) is 19.6. The van der Waals surface area contributed by atoms with E-state index in [1.54, 1.807) is 17.0 Å². The van der Waals surface area contributed by atoms with E-state index in [0.29, 0.717) is 37.4 Å². The molecule has 0 N–H and O–H groups in total. The number of alkyl halides is 1. The Labute approximate surface area is 191 Å². The fourth-order valence-electron chi connectivity index (χ4n) is 4.26. The zero-order valence-corrected chi connectivity index (χ0v) is 20.4. The third-order valence-corrected chi connectivity index (χ3v) is 7.27. The SMILES string of the molecule is CC(C)(C)OC(=O)N1CCC(C(F)CN2CCN(c3ccc(S(C)(=O)=O)cc3)CC2)CC1. The second-order valence-corrected chi connectivity index (χ2v) is 11.9. The number of anilines is 1. The van der Waals surface area contributed by atoms with E-state index in [1.807, 2.05) is 32.9 Å². The number of carbonyl (C=O) groups is 1. The number of rotatable bonds is 5. The maximum atomic E-state index is 15.0. The third kappa shape index (κ3) is 6.81. The van der Waals surface area contributed by atoms with E-state index >= 15 is 4.39 Å².